The van der Waals surface area contributed by atoms with Gasteiger partial charge in [0, 0.05) is 13.1 Å². The molecule has 0 aliphatic heterocycles. The Bertz CT molecular complexity index is 251. The predicted molar refractivity (Wildman–Crippen MR) is 103 cm³/mol. The number of rotatable bonds is 17. The molecule has 0 atom stereocenters. The van der Waals surface area contributed by atoms with Crippen molar-refractivity contribution in [3.8, 4) is 0 Å². The van der Waals surface area contributed by atoms with E-state index < -0.39 is 0 Å². The molecule has 0 fully saturated rings. The summed E-state index contributed by atoms with van der Waals surface area (Å²) >= 11 is 0. The van der Waals surface area contributed by atoms with Gasteiger partial charge in [0.2, 0.25) is 5.91 Å². The zero-order chi connectivity index (χ0) is 18.3. The molecule has 0 spiro atoms. The molecule has 0 aliphatic rings. The van der Waals surface area contributed by atoms with E-state index in [-0.39, 0.29) is 5.91 Å². The average molecular weight is 344 g/mol. The number of unbranched alkanes of at least 4 members (excludes halogenated alkanes) is 12. The van der Waals surface area contributed by atoms with Gasteiger partial charge in [0.05, 0.1) is 6.67 Å². The van der Waals surface area contributed by atoms with Gasteiger partial charge in [-0.05, 0) is 6.42 Å². The van der Waals surface area contributed by atoms with Crippen molar-refractivity contribution in [1.29, 1.82) is 0 Å². The Kier molecular flexibility index (Phi) is 25.6. The first-order valence-corrected chi connectivity index (χ1v) is 9.77. The minimum atomic E-state index is 0.129. The van der Waals surface area contributed by atoms with E-state index in [1.54, 1.807) is 0 Å². The minimum absolute atomic E-state index is 0.129. The van der Waals surface area contributed by atoms with Gasteiger partial charge >= 0.3 is 0 Å². The normalized spacial score (nSPS) is 10.1. The van der Waals surface area contributed by atoms with Crippen LogP contribution in [0.3, 0.4) is 0 Å². The van der Waals surface area contributed by atoms with Crippen molar-refractivity contribution in [3.05, 3.63) is 0 Å². The fourth-order valence-electron chi connectivity index (χ4n) is 2.62. The lowest BCUT2D eigenvalue weighted by molar-refractivity contribution is -0.121. The molecule has 0 rings (SSSR count). The molecule has 5 heteroatoms. The van der Waals surface area contributed by atoms with Crippen LogP contribution in [0.5, 0.6) is 0 Å². The van der Waals surface area contributed by atoms with Crippen LogP contribution in [0.1, 0.15) is 96.8 Å². The standard InChI is InChI=1S/C18H39N3O.CH2O/c1-2-3-4-5-6-7-8-9-10-11-12-13-14-15-18(22)21-17-20-16-19;1-2/h20H,2-17,19H2,1H3,(H,21,22);1H2. The maximum atomic E-state index is 11.4. The molecule has 4 N–H and O–H groups in total. The molecule has 0 saturated heterocycles. The monoisotopic (exact) mass is 343 g/mol. The number of amides is 1. The molecule has 0 aromatic carbocycles. The third-order valence-corrected chi connectivity index (χ3v) is 4.06. The highest BCUT2D eigenvalue weighted by atomic mass is 16.1. The fraction of sp³-hybridized carbons (Fsp3) is 0.895. The van der Waals surface area contributed by atoms with Crippen LogP contribution in [-0.2, 0) is 9.59 Å². The molecular formula is C19H41N3O2. The van der Waals surface area contributed by atoms with Crippen LogP contribution < -0.4 is 16.4 Å². The Balaban J connectivity index is 0. The zero-order valence-electron chi connectivity index (χ0n) is 15.9. The van der Waals surface area contributed by atoms with Crippen LogP contribution in [0.4, 0.5) is 0 Å². The van der Waals surface area contributed by atoms with Gasteiger partial charge in [0.1, 0.15) is 6.79 Å². The lowest BCUT2D eigenvalue weighted by Gasteiger charge is -2.05. The highest BCUT2D eigenvalue weighted by Crippen LogP contribution is 2.12. The van der Waals surface area contributed by atoms with E-state index in [0.29, 0.717) is 19.8 Å². The van der Waals surface area contributed by atoms with Crippen molar-refractivity contribution >= 4 is 12.7 Å². The summed E-state index contributed by atoms with van der Waals surface area (Å²) in [4.78, 5) is 19.4. The van der Waals surface area contributed by atoms with Crippen LogP contribution in [0.15, 0.2) is 0 Å². The van der Waals surface area contributed by atoms with Crippen molar-refractivity contribution in [3.63, 3.8) is 0 Å². The van der Waals surface area contributed by atoms with Gasteiger partial charge in [-0.2, -0.15) is 0 Å². The average Bonchev–Trinajstić information content (AvgIpc) is 2.61. The van der Waals surface area contributed by atoms with E-state index in [4.69, 9.17) is 10.5 Å². The number of carbonyl (C=O) groups excluding carboxylic acids is 2. The van der Waals surface area contributed by atoms with Crippen molar-refractivity contribution in [2.24, 2.45) is 5.73 Å². The van der Waals surface area contributed by atoms with Crippen LogP contribution in [0.25, 0.3) is 0 Å². The van der Waals surface area contributed by atoms with E-state index in [1.165, 1.54) is 77.0 Å². The largest absolute Gasteiger partial charge is 0.344 e. The summed E-state index contributed by atoms with van der Waals surface area (Å²) in [5, 5.41) is 5.67. The van der Waals surface area contributed by atoms with Crippen LogP contribution in [-0.4, -0.2) is 26.0 Å². The Morgan fingerprint density at radius 1 is 0.792 bits per heavy atom. The van der Waals surface area contributed by atoms with E-state index in [0.717, 1.165) is 6.42 Å². The Morgan fingerprint density at radius 3 is 1.62 bits per heavy atom. The minimum Gasteiger partial charge on any atom is -0.344 e. The smallest absolute Gasteiger partial charge is 0.220 e. The molecule has 0 unspecified atom stereocenters. The Hall–Kier alpha value is -0.940. The molecule has 0 aliphatic carbocycles. The molecule has 5 nitrogen and oxygen atoms in total. The second-order valence-corrected chi connectivity index (χ2v) is 6.22. The highest BCUT2D eigenvalue weighted by Gasteiger charge is 1.99. The number of nitrogens with two attached hydrogens (primary N) is 1. The maximum absolute atomic E-state index is 11.4. The second kappa shape index (κ2) is 24.3. The highest BCUT2D eigenvalue weighted by molar-refractivity contribution is 5.75. The van der Waals surface area contributed by atoms with Gasteiger partial charge in [0.15, 0.2) is 0 Å². The Morgan fingerprint density at radius 2 is 1.21 bits per heavy atom. The quantitative estimate of drug-likeness (QED) is 0.276. The molecule has 0 aromatic heterocycles. The van der Waals surface area contributed by atoms with Gasteiger partial charge < -0.3 is 15.8 Å². The SMILES string of the molecule is C=O.CCCCCCCCCCCCCCCC(=O)NCNCN. The fourth-order valence-corrected chi connectivity index (χ4v) is 2.62. The van der Waals surface area contributed by atoms with E-state index >= 15 is 0 Å². The van der Waals surface area contributed by atoms with Crippen molar-refractivity contribution < 1.29 is 9.59 Å². The summed E-state index contributed by atoms with van der Waals surface area (Å²) in [5.74, 6) is 0.129. The number of hydrogen-bond acceptors (Lipinski definition) is 4. The molecule has 0 bridgehead atoms. The van der Waals surface area contributed by atoms with Crippen LogP contribution in [0, 0.1) is 0 Å². The maximum Gasteiger partial charge on any atom is 0.220 e. The molecule has 0 heterocycles. The first-order chi connectivity index (χ1) is 11.8. The number of hydrogen-bond donors (Lipinski definition) is 3. The summed E-state index contributed by atoms with van der Waals surface area (Å²) in [6.07, 6.45) is 18.0. The summed E-state index contributed by atoms with van der Waals surface area (Å²) in [7, 11) is 0. The molecule has 0 aromatic rings. The summed E-state index contributed by atoms with van der Waals surface area (Å²) in [5.41, 5.74) is 5.28. The van der Waals surface area contributed by atoms with Crippen LogP contribution in [0.2, 0.25) is 0 Å². The molecule has 1 amide bonds. The van der Waals surface area contributed by atoms with Crippen molar-refractivity contribution in [2.45, 2.75) is 96.8 Å². The van der Waals surface area contributed by atoms with Crippen molar-refractivity contribution in [1.82, 2.24) is 10.6 Å². The number of nitrogens with one attached hydrogen (secondary N) is 2. The third kappa shape index (κ3) is 23.3. The third-order valence-electron chi connectivity index (χ3n) is 4.06. The summed E-state index contributed by atoms with van der Waals surface area (Å²) in [6, 6.07) is 0. The molecule has 144 valence electrons. The molecule has 0 radical (unpaired) electrons. The first-order valence-electron chi connectivity index (χ1n) is 9.77. The van der Waals surface area contributed by atoms with E-state index in [2.05, 4.69) is 17.6 Å². The molecule has 24 heavy (non-hydrogen) atoms. The molecular weight excluding hydrogens is 302 g/mol. The van der Waals surface area contributed by atoms with Gasteiger partial charge in [-0.1, -0.05) is 84.0 Å². The Labute approximate surface area is 149 Å². The summed E-state index contributed by atoms with van der Waals surface area (Å²) < 4.78 is 0. The van der Waals surface area contributed by atoms with Crippen molar-refractivity contribution in [2.75, 3.05) is 13.3 Å². The van der Waals surface area contributed by atoms with E-state index in [1.807, 2.05) is 6.79 Å². The molecule has 0 saturated carbocycles. The number of carbonyl (C=O) groups is 2. The zero-order valence-corrected chi connectivity index (χ0v) is 15.9. The lowest BCUT2D eigenvalue weighted by Crippen LogP contribution is -2.36. The van der Waals surface area contributed by atoms with Gasteiger partial charge in [0.25, 0.3) is 0 Å². The predicted octanol–water partition coefficient (Wildman–Crippen LogP) is 3.86. The summed E-state index contributed by atoms with van der Waals surface area (Å²) in [6.45, 7) is 5.15. The second-order valence-electron chi connectivity index (χ2n) is 6.22. The topological polar surface area (TPSA) is 84.2 Å². The van der Waals surface area contributed by atoms with E-state index in [9.17, 15) is 4.79 Å². The van der Waals surface area contributed by atoms with Crippen LogP contribution >= 0.6 is 0 Å². The van der Waals surface area contributed by atoms with Gasteiger partial charge in [-0.3, -0.25) is 10.1 Å². The van der Waals surface area contributed by atoms with Gasteiger partial charge in [-0.15, -0.1) is 0 Å². The first kappa shape index (κ1) is 25.3. The van der Waals surface area contributed by atoms with Gasteiger partial charge in [-0.25, -0.2) is 0 Å². The lowest BCUT2D eigenvalue weighted by atomic mass is 10.0.